The average molecular weight is 454 g/mol. The van der Waals surface area contributed by atoms with Crippen LogP contribution in [-0.4, -0.2) is 20.8 Å². The van der Waals surface area contributed by atoms with Gasteiger partial charge in [0.25, 0.3) is 0 Å². The zero-order chi connectivity index (χ0) is 18.0. The quantitative estimate of drug-likeness (QED) is 0.520. The molecule has 0 aliphatic carbocycles. The van der Waals surface area contributed by atoms with Gasteiger partial charge in [-0.05, 0) is 63.4 Å². The van der Waals surface area contributed by atoms with Crippen LogP contribution >= 0.6 is 38.9 Å². The number of rotatable bonds is 6. The first-order valence-electron chi connectivity index (χ1n) is 7.40. The molecule has 0 aliphatic heterocycles. The third-order valence-electron chi connectivity index (χ3n) is 3.54. The number of aromatic nitrogens is 3. The van der Waals surface area contributed by atoms with E-state index in [0.29, 0.717) is 22.5 Å². The second-order valence-electron chi connectivity index (χ2n) is 5.39. The second kappa shape index (κ2) is 7.51. The molecule has 3 rings (SSSR count). The predicted molar refractivity (Wildman–Crippen MR) is 96.3 cm³/mol. The molecule has 0 bridgehead atoms. The third kappa shape index (κ3) is 4.65. The minimum atomic E-state index is -4.15. The molecule has 0 radical (unpaired) electrons. The lowest BCUT2D eigenvalue weighted by molar-refractivity contribution is -0.135. The molecule has 0 spiro atoms. The van der Waals surface area contributed by atoms with Crippen LogP contribution in [0.1, 0.15) is 23.3 Å². The zero-order valence-electron chi connectivity index (χ0n) is 12.8. The first-order valence-corrected chi connectivity index (χ1v) is 9.45. The molecule has 3 aromatic heterocycles. The SMILES string of the molecule is FC(F)(F)CCCc1cc2c(NCc3cccs3)nc(Cl)nn2c1Br. The standard InChI is InChI=1S/C15H13BrClF3N4S/c16-12-9(3-1-5-15(18,19)20)7-11-13(22-14(17)23-24(11)12)21-8-10-4-2-6-25-10/h2,4,6-7H,1,3,5,8H2,(H,21,22,23). The van der Waals surface area contributed by atoms with Crippen molar-refractivity contribution in [3.05, 3.63) is 43.9 Å². The fourth-order valence-electron chi connectivity index (χ4n) is 2.42. The summed E-state index contributed by atoms with van der Waals surface area (Å²) in [5, 5.41) is 9.36. The van der Waals surface area contributed by atoms with Gasteiger partial charge >= 0.3 is 6.18 Å². The van der Waals surface area contributed by atoms with Crippen molar-refractivity contribution in [3.63, 3.8) is 0 Å². The molecule has 10 heteroatoms. The first kappa shape index (κ1) is 18.5. The molecule has 0 amide bonds. The maximum Gasteiger partial charge on any atom is 0.389 e. The molecule has 25 heavy (non-hydrogen) atoms. The lowest BCUT2D eigenvalue weighted by atomic mass is 10.1. The van der Waals surface area contributed by atoms with E-state index in [1.165, 1.54) is 0 Å². The number of halogens is 5. The molecular formula is C15H13BrClF3N4S. The van der Waals surface area contributed by atoms with Crippen LogP contribution in [0, 0.1) is 0 Å². The summed E-state index contributed by atoms with van der Waals surface area (Å²) in [7, 11) is 0. The molecule has 0 aliphatic rings. The normalized spacial score (nSPS) is 12.0. The Morgan fingerprint density at radius 1 is 1.36 bits per heavy atom. The second-order valence-corrected chi connectivity index (χ2v) is 7.51. The maximum atomic E-state index is 12.3. The van der Waals surface area contributed by atoms with E-state index in [4.69, 9.17) is 11.6 Å². The summed E-state index contributed by atoms with van der Waals surface area (Å²) >= 11 is 11.0. The molecular weight excluding hydrogens is 441 g/mol. The molecule has 0 fully saturated rings. The van der Waals surface area contributed by atoms with Gasteiger partial charge in [0, 0.05) is 11.3 Å². The van der Waals surface area contributed by atoms with Gasteiger partial charge in [-0.15, -0.1) is 16.4 Å². The van der Waals surface area contributed by atoms with Gasteiger partial charge in [-0.25, -0.2) is 4.52 Å². The Morgan fingerprint density at radius 2 is 2.16 bits per heavy atom. The largest absolute Gasteiger partial charge is 0.389 e. The van der Waals surface area contributed by atoms with Crippen LogP contribution in [0.5, 0.6) is 0 Å². The predicted octanol–water partition coefficient (Wildman–Crippen LogP) is 5.70. The number of hydrogen-bond donors (Lipinski definition) is 1. The number of nitrogens with one attached hydrogen (secondary N) is 1. The first-order chi connectivity index (χ1) is 11.8. The molecule has 3 aromatic rings. The number of aryl methyl sites for hydroxylation is 1. The number of nitrogens with zero attached hydrogens (tertiary/aromatic N) is 3. The van der Waals surface area contributed by atoms with Crippen LogP contribution in [0.4, 0.5) is 19.0 Å². The lowest BCUT2D eigenvalue weighted by Crippen LogP contribution is -2.07. The highest BCUT2D eigenvalue weighted by Crippen LogP contribution is 2.30. The summed E-state index contributed by atoms with van der Waals surface area (Å²) < 4.78 is 39.2. The van der Waals surface area contributed by atoms with Crippen LogP contribution in [0.3, 0.4) is 0 Å². The van der Waals surface area contributed by atoms with Gasteiger partial charge in [0.05, 0.1) is 6.54 Å². The van der Waals surface area contributed by atoms with Gasteiger partial charge in [-0.1, -0.05) is 6.07 Å². The summed E-state index contributed by atoms with van der Waals surface area (Å²) in [6.07, 6.45) is -4.67. The van der Waals surface area contributed by atoms with E-state index < -0.39 is 12.6 Å². The van der Waals surface area contributed by atoms with Crippen LogP contribution in [0.2, 0.25) is 5.28 Å². The Morgan fingerprint density at radius 3 is 2.84 bits per heavy atom. The van der Waals surface area contributed by atoms with Crippen molar-refractivity contribution >= 4 is 50.2 Å². The Labute approximate surface area is 159 Å². The van der Waals surface area contributed by atoms with E-state index in [-0.39, 0.29) is 18.1 Å². The Hall–Kier alpha value is -1.32. The van der Waals surface area contributed by atoms with Crippen molar-refractivity contribution in [3.8, 4) is 0 Å². The van der Waals surface area contributed by atoms with E-state index in [9.17, 15) is 13.2 Å². The van der Waals surface area contributed by atoms with Gasteiger partial charge in [-0.3, -0.25) is 0 Å². The van der Waals surface area contributed by atoms with Crippen LogP contribution < -0.4 is 5.32 Å². The summed E-state index contributed by atoms with van der Waals surface area (Å²) in [6.45, 7) is 0.576. The summed E-state index contributed by atoms with van der Waals surface area (Å²) in [6, 6.07) is 5.73. The van der Waals surface area contributed by atoms with Crippen molar-refractivity contribution in [2.45, 2.75) is 32.0 Å². The van der Waals surface area contributed by atoms with Gasteiger partial charge < -0.3 is 5.32 Å². The molecule has 134 valence electrons. The molecule has 0 saturated carbocycles. The fourth-order valence-corrected chi connectivity index (χ4v) is 3.80. The Bertz CT molecular complexity index is 864. The van der Waals surface area contributed by atoms with Crippen molar-refractivity contribution in [2.24, 2.45) is 0 Å². The number of fused-ring (bicyclic) bond motifs is 1. The minimum absolute atomic E-state index is 0.0120. The topological polar surface area (TPSA) is 42.2 Å². The summed E-state index contributed by atoms with van der Waals surface area (Å²) in [5.74, 6) is 0.538. The van der Waals surface area contributed by atoms with E-state index in [1.54, 1.807) is 21.9 Å². The van der Waals surface area contributed by atoms with Crippen LogP contribution in [0.25, 0.3) is 5.52 Å². The molecule has 0 atom stereocenters. The molecule has 0 aromatic carbocycles. The maximum absolute atomic E-state index is 12.3. The van der Waals surface area contributed by atoms with Crippen LogP contribution in [-0.2, 0) is 13.0 Å². The fraction of sp³-hybridized carbons (Fsp3) is 0.333. The van der Waals surface area contributed by atoms with Gasteiger partial charge in [0.2, 0.25) is 5.28 Å². The van der Waals surface area contributed by atoms with Crippen molar-refractivity contribution in [2.75, 3.05) is 5.32 Å². The molecule has 0 unspecified atom stereocenters. The van der Waals surface area contributed by atoms with E-state index in [2.05, 4.69) is 31.3 Å². The van der Waals surface area contributed by atoms with Crippen molar-refractivity contribution in [1.82, 2.24) is 14.6 Å². The summed E-state index contributed by atoms with van der Waals surface area (Å²) in [4.78, 5) is 5.33. The minimum Gasteiger partial charge on any atom is -0.363 e. The number of anilines is 1. The highest BCUT2D eigenvalue weighted by molar-refractivity contribution is 9.10. The van der Waals surface area contributed by atoms with Gasteiger partial charge in [0.15, 0.2) is 5.82 Å². The highest BCUT2D eigenvalue weighted by atomic mass is 79.9. The average Bonchev–Trinajstić information content (AvgIpc) is 3.14. The van der Waals surface area contributed by atoms with E-state index >= 15 is 0 Å². The summed E-state index contributed by atoms with van der Waals surface area (Å²) in [5.41, 5.74) is 1.40. The zero-order valence-corrected chi connectivity index (χ0v) is 15.9. The highest BCUT2D eigenvalue weighted by Gasteiger charge is 2.26. The van der Waals surface area contributed by atoms with E-state index in [0.717, 1.165) is 10.4 Å². The lowest BCUT2D eigenvalue weighted by Gasteiger charge is -2.06. The van der Waals surface area contributed by atoms with Gasteiger partial charge in [0.1, 0.15) is 10.1 Å². The Kier molecular flexibility index (Phi) is 5.55. The third-order valence-corrected chi connectivity index (χ3v) is 5.42. The molecule has 0 saturated heterocycles. The molecule has 1 N–H and O–H groups in total. The number of hydrogen-bond acceptors (Lipinski definition) is 4. The van der Waals surface area contributed by atoms with Gasteiger partial charge in [-0.2, -0.15) is 18.2 Å². The van der Waals surface area contributed by atoms with Crippen molar-refractivity contribution in [1.29, 1.82) is 0 Å². The van der Waals surface area contributed by atoms with Crippen LogP contribution in [0.15, 0.2) is 28.2 Å². The Balaban J connectivity index is 1.83. The monoisotopic (exact) mass is 452 g/mol. The number of alkyl halides is 3. The molecule has 4 nitrogen and oxygen atoms in total. The molecule has 3 heterocycles. The number of thiophene rings is 1. The van der Waals surface area contributed by atoms with E-state index in [1.807, 2.05) is 17.5 Å². The smallest absolute Gasteiger partial charge is 0.363 e. The van der Waals surface area contributed by atoms with Crippen molar-refractivity contribution < 1.29 is 13.2 Å².